The molecule has 1 aliphatic carbocycles. The van der Waals surface area contributed by atoms with Crippen LogP contribution in [0.15, 0.2) is 36.4 Å². The first kappa shape index (κ1) is 18.2. The number of aromatic nitrogens is 2. The summed E-state index contributed by atoms with van der Waals surface area (Å²) < 4.78 is 1.87. The van der Waals surface area contributed by atoms with Crippen molar-refractivity contribution in [3.05, 3.63) is 53.3 Å². The van der Waals surface area contributed by atoms with Gasteiger partial charge in [-0.2, -0.15) is 5.10 Å². The number of piperidine rings is 1. The molecule has 0 bridgehead atoms. The van der Waals surface area contributed by atoms with Gasteiger partial charge in [-0.3, -0.25) is 9.48 Å². The molecule has 4 rings (SSSR count). The largest absolute Gasteiger partial charge is 0.385 e. The lowest BCUT2D eigenvalue weighted by Crippen LogP contribution is -2.59. The maximum Gasteiger partial charge on any atom is 0.274 e. The van der Waals surface area contributed by atoms with Gasteiger partial charge in [-0.1, -0.05) is 43.2 Å². The van der Waals surface area contributed by atoms with Gasteiger partial charge in [0.1, 0.15) is 0 Å². The van der Waals surface area contributed by atoms with Crippen molar-refractivity contribution in [3.63, 3.8) is 0 Å². The molecule has 1 aliphatic heterocycles. The van der Waals surface area contributed by atoms with Crippen molar-refractivity contribution in [2.24, 2.45) is 5.92 Å². The molecule has 1 N–H and O–H groups in total. The van der Waals surface area contributed by atoms with E-state index in [1.807, 2.05) is 59.8 Å². The van der Waals surface area contributed by atoms with Crippen LogP contribution in [0, 0.1) is 12.8 Å². The Morgan fingerprint density at radius 1 is 1.26 bits per heavy atom. The Bertz CT molecular complexity index is 816. The lowest BCUT2D eigenvalue weighted by atomic mass is 9.66. The van der Waals surface area contributed by atoms with Crippen molar-refractivity contribution in [1.29, 1.82) is 0 Å². The van der Waals surface area contributed by atoms with Gasteiger partial charge in [0, 0.05) is 30.7 Å². The van der Waals surface area contributed by atoms with Crippen molar-refractivity contribution < 1.29 is 9.90 Å². The third kappa shape index (κ3) is 3.08. The molecule has 2 heterocycles. The van der Waals surface area contributed by atoms with E-state index >= 15 is 0 Å². The number of amides is 1. The Morgan fingerprint density at radius 3 is 2.70 bits per heavy atom. The molecular weight excluding hydrogens is 338 g/mol. The fourth-order valence-corrected chi connectivity index (χ4v) is 5.10. The summed E-state index contributed by atoms with van der Waals surface area (Å²) in [5, 5.41) is 16.1. The molecule has 5 nitrogen and oxygen atoms in total. The molecule has 3 atom stereocenters. The lowest BCUT2D eigenvalue weighted by Gasteiger charge is -2.52. The van der Waals surface area contributed by atoms with Crippen LogP contribution >= 0.6 is 0 Å². The van der Waals surface area contributed by atoms with Gasteiger partial charge in [0.2, 0.25) is 0 Å². The Kier molecular flexibility index (Phi) is 4.81. The molecule has 1 saturated carbocycles. The van der Waals surface area contributed by atoms with E-state index in [0.29, 0.717) is 18.7 Å². The van der Waals surface area contributed by atoms with E-state index in [4.69, 9.17) is 0 Å². The molecule has 27 heavy (non-hydrogen) atoms. The number of benzene rings is 1. The molecule has 2 aliphatic rings. The standard InChI is InChI=1S/C22H29N3O2/c1-3-25-16(2)15-19(23-25)21(26)24-14-13-22(27,17-9-5-4-6-10-17)18-11-7-8-12-20(18)24/h4-6,9-10,15,18,20,27H,3,7-8,11-14H2,1-2H3/t18-,20-,22+/m1/s1. The van der Waals surface area contributed by atoms with Crippen LogP contribution < -0.4 is 0 Å². The monoisotopic (exact) mass is 367 g/mol. The predicted molar refractivity (Wildman–Crippen MR) is 104 cm³/mol. The molecule has 1 aromatic carbocycles. The molecule has 5 heteroatoms. The van der Waals surface area contributed by atoms with Gasteiger partial charge in [0.05, 0.1) is 5.60 Å². The Balaban J connectivity index is 1.64. The van der Waals surface area contributed by atoms with E-state index in [0.717, 1.165) is 43.5 Å². The third-order valence-electron chi connectivity index (χ3n) is 6.51. The van der Waals surface area contributed by atoms with Crippen LogP contribution in [0.1, 0.15) is 60.8 Å². The molecule has 0 radical (unpaired) electrons. The number of hydrogen-bond acceptors (Lipinski definition) is 3. The number of nitrogens with zero attached hydrogens (tertiary/aromatic N) is 3. The Hall–Kier alpha value is -2.14. The minimum absolute atomic E-state index is 0.0114. The van der Waals surface area contributed by atoms with Crippen molar-refractivity contribution in [2.45, 2.75) is 64.1 Å². The summed E-state index contributed by atoms with van der Waals surface area (Å²) in [5.41, 5.74) is 1.68. The maximum atomic E-state index is 13.3. The first-order valence-electron chi connectivity index (χ1n) is 10.2. The van der Waals surface area contributed by atoms with Crippen molar-refractivity contribution >= 4 is 5.91 Å². The van der Waals surface area contributed by atoms with Crippen LogP contribution in [-0.2, 0) is 12.1 Å². The van der Waals surface area contributed by atoms with E-state index in [2.05, 4.69) is 5.10 Å². The second-order valence-corrected chi connectivity index (χ2v) is 7.98. The molecule has 0 spiro atoms. The Labute approximate surface area is 161 Å². The van der Waals surface area contributed by atoms with Crippen molar-refractivity contribution in [2.75, 3.05) is 6.54 Å². The minimum Gasteiger partial charge on any atom is -0.385 e. The summed E-state index contributed by atoms with van der Waals surface area (Å²) in [4.78, 5) is 15.2. The highest BCUT2D eigenvalue weighted by Gasteiger charge is 2.50. The van der Waals surface area contributed by atoms with Gasteiger partial charge in [0.25, 0.3) is 5.91 Å². The lowest BCUT2D eigenvalue weighted by molar-refractivity contribution is -0.110. The second-order valence-electron chi connectivity index (χ2n) is 7.98. The highest BCUT2D eigenvalue weighted by molar-refractivity contribution is 5.92. The topological polar surface area (TPSA) is 58.4 Å². The van der Waals surface area contributed by atoms with E-state index in [1.54, 1.807) is 0 Å². The number of carbonyl (C=O) groups is 1. The van der Waals surface area contributed by atoms with Crippen LogP contribution in [0.5, 0.6) is 0 Å². The van der Waals surface area contributed by atoms with Crippen molar-refractivity contribution in [1.82, 2.24) is 14.7 Å². The number of hydrogen-bond donors (Lipinski definition) is 1. The summed E-state index contributed by atoms with van der Waals surface area (Å²) in [6, 6.07) is 12.0. The molecule has 1 aromatic heterocycles. The molecular formula is C22H29N3O2. The normalized spacial score (nSPS) is 28.0. The smallest absolute Gasteiger partial charge is 0.274 e. The second kappa shape index (κ2) is 7.12. The summed E-state index contributed by atoms with van der Waals surface area (Å²) in [7, 11) is 0. The molecule has 1 saturated heterocycles. The molecule has 0 unspecified atom stereocenters. The van der Waals surface area contributed by atoms with Crippen LogP contribution in [0.2, 0.25) is 0 Å². The van der Waals surface area contributed by atoms with Crippen LogP contribution in [0.25, 0.3) is 0 Å². The fraction of sp³-hybridized carbons (Fsp3) is 0.545. The Morgan fingerprint density at radius 2 is 2.00 bits per heavy atom. The van der Waals surface area contributed by atoms with Crippen LogP contribution in [0.4, 0.5) is 0 Å². The summed E-state index contributed by atoms with van der Waals surface area (Å²) in [5.74, 6) is 0.0954. The summed E-state index contributed by atoms with van der Waals surface area (Å²) >= 11 is 0. The SMILES string of the molecule is CCn1nc(C(=O)N2CC[C@](O)(c3ccccc3)[C@@H]3CCCC[C@H]32)cc1C. The first-order valence-corrected chi connectivity index (χ1v) is 10.2. The number of aryl methyl sites for hydroxylation is 2. The zero-order valence-electron chi connectivity index (χ0n) is 16.3. The van der Waals surface area contributed by atoms with Crippen molar-refractivity contribution in [3.8, 4) is 0 Å². The molecule has 144 valence electrons. The number of fused-ring (bicyclic) bond motifs is 1. The number of rotatable bonds is 3. The van der Waals surface area contributed by atoms with Gasteiger partial charge >= 0.3 is 0 Å². The number of likely N-dealkylation sites (tertiary alicyclic amines) is 1. The molecule has 2 aromatic rings. The average Bonchev–Trinajstić information content (AvgIpc) is 3.09. The highest BCUT2D eigenvalue weighted by Crippen LogP contribution is 2.47. The van der Waals surface area contributed by atoms with Gasteiger partial charge in [-0.15, -0.1) is 0 Å². The average molecular weight is 367 g/mol. The highest BCUT2D eigenvalue weighted by atomic mass is 16.3. The van der Waals surface area contributed by atoms with Gasteiger partial charge in [-0.25, -0.2) is 0 Å². The molecule has 1 amide bonds. The van der Waals surface area contributed by atoms with Crippen LogP contribution in [-0.4, -0.2) is 38.3 Å². The maximum absolute atomic E-state index is 13.3. The number of aliphatic hydroxyl groups is 1. The quantitative estimate of drug-likeness (QED) is 0.903. The van der Waals surface area contributed by atoms with E-state index < -0.39 is 5.60 Å². The minimum atomic E-state index is -0.845. The van der Waals surface area contributed by atoms with Crippen LogP contribution in [0.3, 0.4) is 0 Å². The summed E-state index contributed by atoms with van der Waals surface area (Å²) in [6.07, 6.45) is 4.72. The zero-order valence-corrected chi connectivity index (χ0v) is 16.3. The predicted octanol–water partition coefficient (Wildman–Crippen LogP) is 3.50. The fourth-order valence-electron chi connectivity index (χ4n) is 5.10. The first-order chi connectivity index (χ1) is 13.0. The number of carbonyl (C=O) groups excluding carboxylic acids is 1. The third-order valence-corrected chi connectivity index (χ3v) is 6.51. The van der Waals surface area contributed by atoms with E-state index in [9.17, 15) is 9.90 Å². The zero-order chi connectivity index (χ0) is 19.0. The van der Waals surface area contributed by atoms with Gasteiger partial charge in [0.15, 0.2) is 5.69 Å². The van der Waals surface area contributed by atoms with E-state index in [1.165, 1.54) is 0 Å². The van der Waals surface area contributed by atoms with E-state index in [-0.39, 0.29) is 17.9 Å². The van der Waals surface area contributed by atoms with Gasteiger partial charge < -0.3 is 10.0 Å². The summed E-state index contributed by atoms with van der Waals surface area (Å²) in [6.45, 7) is 5.36. The molecule has 2 fully saturated rings. The van der Waals surface area contributed by atoms with Gasteiger partial charge in [-0.05, 0) is 44.7 Å².